The van der Waals surface area contributed by atoms with E-state index in [0.717, 1.165) is 28.1 Å². The standard InChI is InChI=1S/C24H20F3N5O/c25-24(26,27)20-13-7-12-19(15-20)23-29-31-32(30-23)16-22(33)28-21(18-10-5-2-6-11-18)14-17-8-3-1-4-9-17/h1-13,15,21H,14,16H2,(H,28,33)/t21-/m0/s1. The fourth-order valence-corrected chi connectivity index (χ4v) is 3.42. The minimum atomic E-state index is -4.48. The monoisotopic (exact) mass is 451 g/mol. The maximum atomic E-state index is 13.0. The molecule has 168 valence electrons. The molecule has 0 bridgehead atoms. The number of amides is 1. The summed E-state index contributed by atoms with van der Waals surface area (Å²) in [5.41, 5.74) is 1.38. The molecule has 1 atom stereocenters. The summed E-state index contributed by atoms with van der Waals surface area (Å²) in [4.78, 5) is 13.8. The van der Waals surface area contributed by atoms with Crippen LogP contribution in [0.15, 0.2) is 84.9 Å². The molecule has 33 heavy (non-hydrogen) atoms. The lowest BCUT2D eigenvalue weighted by Gasteiger charge is -2.19. The van der Waals surface area contributed by atoms with Crippen molar-refractivity contribution in [2.24, 2.45) is 0 Å². The first-order valence-corrected chi connectivity index (χ1v) is 10.2. The van der Waals surface area contributed by atoms with Gasteiger partial charge >= 0.3 is 6.18 Å². The fraction of sp³-hybridized carbons (Fsp3) is 0.167. The molecule has 6 nitrogen and oxygen atoms in total. The largest absolute Gasteiger partial charge is 0.416 e. The van der Waals surface area contributed by atoms with E-state index in [-0.39, 0.29) is 29.9 Å². The summed E-state index contributed by atoms with van der Waals surface area (Å²) in [6, 6.07) is 23.8. The topological polar surface area (TPSA) is 72.7 Å². The van der Waals surface area contributed by atoms with Gasteiger partial charge in [-0.25, -0.2) is 0 Å². The summed E-state index contributed by atoms with van der Waals surface area (Å²) in [6.07, 6.45) is -3.88. The smallest absolute Gasteiger partial charge is 0.347 e. The fourth-order valence-electron chi connectivity index (χ4n) is 3.42. The SMILES string of the molecule is O=C(Cn1nnc(-c2cccc(C(F)(F)F)c2)n1)N[C@@H](Cc1ccccc1)c1ccccc1. The van der Waals surface area contributed by atoms with Crippen LogP contribution in [0, 0.1) is 0 Å². The summed E-state index contributed by atoms with van der Waals surface area (Å²) in [7, 11) is 0. The average molecular weight is 451 g/mol. The zero-order valence-electron chi connectivity index (χ0n) is 17.4. The summed E-state index contributed by atoms with van der Waals surface area (Å²) in [5, 5.41) is 14.7. The van der Waals surface area contributed by atoms with Crippen LogP contribution in [0.3, 0.4) is 0 Å². The molecule has 0 aliphatic rings. The molecule has 1 amide bonds. The van der Waals surface area contributed by atoms with Gasteiger partial charge in [0.1, 0.15) is 6.54 Å². The van der Waals surface area contributed by atoms with E-state index in [4.69, 9.17) is 0 Å². The Kier molecular flexibility index (Phi) is 6.48. The highest BCUT2D eigenvalue weighted by molar-refractivity contribution is 5.76. The summed E-state index contributed by atoms with van der Waals surface area (Å²) >= 11 is 0. The Labute approximate surface area is 188 Å². The average Bonchev–Trinajstić information content (AvgIpc) is 3.28. The molecule has 1 N–H and O–H groups in total. The summed E-state index contributed by atoms with van der Waals surface area (Å²) in [6.45, 7) is -0.218. The third kappa shape index (κ3) is 5.82. The Hall–Kier alpha value is -4.01. The zero-order chi connectivity index (χ0) is 23.3. The first-order chi connectivity index (χ1) is 15.9. The van der Waals surface area contributed by atoms with Gasteiger partial charge in [-0.2, -0.15) is 18.0 Å². The molecule has 0 aliphatic heterocycles. The van der Waals surface area contributed by atoms with Gasteiger partial charge in [-0.15, -0.1) is 10.2 Å². The maximum Gasteiger partial charge on any atom is 0.416 e. The highest BCUT2D eigenvalue weighted by Gasteiger charge is 2.30. The normalized spacial score (nSPS) is 12.3. The van der Waals surface area contributed by atoms with Crippen LogP contribution in [-0.2, 0) is 23.9 Å². The van der Waals surface area contributed by atoms with Gasteiger partial charge in [-0.3, -0.25) is 4.79 Å². The molecular weight excluding hydrogens is 431 g/mol. The molecule has 0 fully saturated rings. The molecular formula is C24H20F3N5O. The summed E-state index contributed by atoms with van der Waals surface area (Å²) in [5.74, 6) is -0.328. The predicted octanol–water partition coefficient (Wildman–Crippen LogP) is 4.46. The third-order valence-electron chi connectivity index (χ3n) is 5.01. The molecule has 3 aromatic carbocycles. The molecule has 1 heterocycles. The second kappa shape index (κ2) is 9.64. The van der Waals surface area contributed by atoms with E-state index in [0.29, 0.717) is 6.42 Å². The lowest BCUT2D eigenvalue weighted by Crippen LogP contribution is -2.33. The van der Waals surface area contributed by atoms with Crippen LogP contribution in [0.1, 0.15) is 22.7 Å². The third-order valence-corrected chi connectivity index (χ3v) is 5.01. The van der Waals surface area contributed by atoms with Crippen LogP contribution in [-0.4, -0.2) is 26.1 Å². The van der Waals surface area contributed by atoms with E-state index < -0.39 is 11.7 Å². The number of nitrogens with zero attached hydrogens (tertiary/aromatic N) is 4. The Morgan fingerprint density at radius 3 is 2.33 bits per heavy atom. The minimum Gasteiger partial charge on any atom is -0.347 e. The second-order valence-corrected chi connectivity index (χ2v) is 7.44. The Morgan fingerprint density at radius 2 is 1.64 bits per heavy atom. The van der Waals surface area contributed by atoms with Crippen molar-refractivity contribution in [3.8, 4) is 11.4 Å². The number of rotatable bonds is 7. The number of nitrogens with one attached hydrogen (secondary N) is 1. The van der Waals surface area contributed by atoms with Gasteiger partial charge in [0, 0.05) is 5.56 Å². The molecule has 0 saturated carbocycles. The highest BCUT2D eigenvalue weighted by atomic mass is 19.4. The number of carbonyl (C=O) groups is 1. The van der Waals surface area contributed by atoms with E-state index in [9.17, 15) is 18.0 Å². The van der Waals surface area contributed by atoms with E-state index in [1.807, 2.05) is 60.7 Å². The lowest BCUT2D eigenvalue weighted by molar-refractivity contribution is -0.137. The minimum absolute atomic E-state index is 0.0118. The molecule has 0 saturated heterocycles. The number of hydrogen-bond donors (Lipinski definition) is 1. The number of carbonyl (C=O) groups excluding carboxylic acids is 1. The van der Waals surface area contributed by atoms with E-state index in [1.165, 1.54) is 12.1 Å². The van der Waals surface area contributed by atoms with Gasteiger partial charge in [0.2, 0.25) is 11.7 Å². The van der Waals surface area contributed by atoms with Crippen LogP contribution < -0.4 is 5.32 Å². The van der Waals surface area contributed by atoms with Gasteiger partial charge in [0.15, 0.2) is 0 Å². The number of halogens is 3. The van der Waals surface area contributed by atoms with E-state index >= 15 is 0 Å². The number of tetrazole rings is 1. The van der Waals surface area contributed by atoms with Crippen molar-refractivity contribution in [3.05, 3.63) is 102 Å². The van der Waals surface area contributed by atoms with Crippen molar-refractivity contribution in [3.63, 3.8) is 0 Å². The van der Waals surface area contributed by atoms with Gasteiger partial charge in [0.25, 0.3) is 0 Å². The first kappa shape index (κ1) is 22.2. The number of hydrogen-bond acceptors (Lipinski definition) is 4. The van der Waals surface area contributed by atoms with Crippen molar-refractivity contribution in [1.82, 2.24) is 25.5 Å². The van der Waals surface area contributed by atoms with Crippen molar-refractivity contribution in [2.75, 3.05) is 0 Å². The molecule has 4 rings (SSSR count). The van der Waals surface area contributed by atoms with Crippen LogP contribution in [0.5, 0.6) is 0 Å². The Morgan fingerprint density at radius 1 is 0.939 bits per heavy atom. The Balaban J connectivity index is 1.47. The molecule has 0 unspecified atom stereocenters. The van der Waals surface area contributed by atoms with Gasteiger partial charge in [-0.05, 0) is 34.9 Å². The van der Waals surface area contributed by atoms with Crippen molar-refractivity contribution in [2.45, 2.75) is 25.2 Å². The van der Waals surface area contributed by atoms with Crippen LogP contribution >= 0.6 is 0 Å². The number of aromatic nitrogens is 4. The number of alkyl halides is 3. The van der Waals surface area contributed by atoms with Crippen molar-refractivity contribution < 1.29 is 18.0 Å². The van der Waals surface area contributed by atoms with E-state index in [1.54, 1.807) is 0 Å². The number of benzene rings is 3. The van der Waals surface area contributed by atoms with Crippen molar-refractivity contribution >= 4 is 5.91 Å². The zero-order valence-corrected chi connectivity index (χ0v) is 17.4. The first-order valence-electron chi connectivity index (χ1n) is 10.2. The second-order valence-electron chi connectivity index (χ2n) is 7.44. The maximum absolute atomic E-state index is 13.0. The summed E-state index contributed by atoms with van der Waals surface area (Å²) < 4.78 is 38.9. The van der Waals surface area contributed by atoms with Gasteiger partial charge < -0.3 is 5.32 Å². The Bertz CT molecular complexity index is 1210. The molecule has 9 heteroatoms. The predicted molar refractivity (Wildman–Crippen MR) is 116 cm³/mol. The lowest BCUT2D eigenvalue weighted by atomic mass is 9.99. The molecule has 0 aliphatic carbocycles. The van der Waals surface area contributed by atoms with E-state index in [2.05, 4.69) is 20.7 Å². The van der Waals surface area contributed by atoms with Gasteiger partial charge in [-0.1, -0.05) is 72.8 Å². The molecule has 0 spiro atoms. The molecule has 0 radical (unpaired) electrons. The van der Waals surface area contributed by atoms with Crippen LogP contribution in [0.2, 0.25) is 0 Å². The van der Waals surface area contributed by atoms with Gasteiger partial charge in [0.05, 0.1) is 11.6 Å². The molecule has 4 aromatic rings. The highest BCUT2D eigenvalue weighted by Crippen LogP contribution is 2.31. The van der Waals surface area contributed by atoms with Crippen LogP contribution in [0.25, 0.3) is 11.4 Å². The molecule has 1 aromatic heterocycles. The van der Waals surface area contributed by atoms with Crippen LogP contribution in [0.4, 0.5) is 13.2 Å². The van der Waals surface area contributed by atoms with Crippen molar-refractivity contribution in [1.29, 1.82) is 0 Å². The quantitative estimate of drug-likeness (QED) is 0.450.